The van der Waals surface area contributed by atoms with Gasteiger partial charge >= 0.3 is 12.2 Å². The summed E-state index contributed by atoms with van der Waals surface area (Å²) in [5.41, 5.74) is 7.95. The molecule has 7 rings (SSSR count). The molecule has 0 bridgehead atoms. The molecule has 12 nitrogen and oxygen atoms in total. The van der Waals surface area contributed by atoms with E-state index in [-0.39, 0.29) is 41.7 Å². The first-order valence-electron chi connectivity index (χ1n) is 17.2. The van der Waals surface area contributed by atoms with Gasteiger partial charge in [0, 0.05) is 57.0 Å². The molecule has 53 heavy (non-hydrogen) atoms. The summed E-state index contributed by atoms with van der Waals surface area (Å²) >= 11 is 6.10. The molecular weight excluding hydrogens is 727 g/mol. The van der Waals surface area contributed by atoms with Crippen LogP contribution in [0.2, 0.25) is 5.02 Å². The minimum Gasteiger partial charge on any atom is -0.461 e. The number of nitrogens with zero attached hydrogens (tertiary/aromatic N) is 7. The van der Waals surface area contributed by atoms with Crippen molar-refractivity contribution in [1.82, 2.24) is 29.5 Å². The highest BCUT2D eigenvalue weighted by Gasteiger charge is 2.45. The first-order chi connectivity index (χ1) is 25.1. The number of rotatable bonds is 6. The molecular formula is C35H42ClF5N8O4. The van der Waals surface area contributed by atoms with Gasteiger partial charge in [-0.15, -0.1) is 0 Å². The van der Waals surface area contributed by atoms with Gasteiger partial charge in [0.05, 0.1) is 60.0 Å². The van der Waals surface area contributed by atoms with Crippen molar-refractivity contribution in [2.75, 3.05) is 64.2 Å². The van der Waals surface area contributed by atoms with Crippen molar-refractivity contribution in [2.24, 2.45) is 0 Å². The molecule has 2 aromatic heterocycles. The second-order valence-electron chi connectivity index (χ2n) is 13.8. The summed E-state index contributed by atoms with van der Waals surface area (Å²) in [6.45, 7) is 9.01. The van der Waals surface area contributed by atoms with Crippen LogP contribution >= 0.6 is 11.6 Å². The third-order valence-electron chi connectivity index (χ3n) is 10.1. The number of ether oxygens (including phenoxy) is 3. The minimum absolute atomic E-state index is 0.0245. The lowest BCUT2D eigenvalue weighted by atomic mass is 9.94. The number of nitrogens with two attached hydrogens (primary N) is 1. The molecule has 1 aromatic carbocycles. The molecule has 0 spiro atoms. The van der Waals surface area contributed by atoms with Crippen LogP contribution < -0.4 is 15.4 Å². The van der Waals surface area contributed by atoms with E-state index in [4.69, 9.17) is 41.5 Å². The van der Waals surface area contributed by atoms with E-state index >= 15 is 0 Å². The maximum Gasteiger partial charge on any atom is 0.418 e. The summed E-state index contributed by atoms with van der Waals surface area (Å²) in [5, 5.41) is 4.17. The molecule has 2 fully saturated rings. The highest BCUT2D eigenvalue weighted by Crippen LogP contribution is 2.45. The van der Waals surface area contributed by atoms with Crippen molar-refractivity contribution in [3.8, 4) is 6.01 Å². The second-order valence-corrected chi connectivity index (χ2v) is 14.2. The molecule has 2 saturated heterocycles. The van der Waals surface area contributed by atoms with Crippen LogP contribution in [0.1, 0.15) is 69.5 Å². The van der Waals surface area contributed by atoms with E-state index in [2.05, 4.69) is 21.5 Å². The Hall–Kier alpha value is -4.06. The average molecular weight is 769 g/mol. The number of hydrogen-bond donors (Lipinski definition) is 1. The topological polar surface area (TPSA) is 124 Å². The predicted octanol–water partition coefficient (Wildman–Crippen LogP) is 5.80. The monoisotopic (exact) mass is 768 g/mol. The van der Waals surface area contributed by atoms with Crippen LogP contribution in [0, 0.1) is 6.92 Å². The third kappa shape index (κ3) is 8.07. The van der Waals surface area contributed by atoms with Crippen molar-refractivity contribution in [3.63, 3.8) is 0 Å². The standard InChI is InChI=1S/C33H40ClF3N8O4.C2H2F2/c1-19-25-15-43(7-5-9-45(25)41-28(19)30(46)42(2)3)29-22-16-48-26(21-12-20(38)13-23(34)27(21)33(35,36)37)14-24(22)39-31(40-29)49-18-32-6-4-8-44(32)10-11-47-17-32;1-2(3)4/h12-13,26H,4-11,14-18,38H2,1-3H3;1H2. The summed E-state index contributed by atoms with van der Waals surface area (Å²) < 4.78 is 83.3. The molecule has 3 aromatic rings. The zero-order valence-electron chi connectivity index (χ0n) is 29.7. The van der Waals surface area contributed by atoms with Crippen LogP contribution in [0.15, 0.2) is 24.8 Å². The molecule has 0 radical (unpaired) electrons. The van der Waals surface area contributed by atoms with Crippen LogP contribution in [0.25, 0.3) is 0 Å². The van der Waals surface area contributed by atoms with Crippen LogP contribution in [-0.4, -0.2) is 94.5 Å². The van der Waals surface area contributed by atoms with Crippen molar-refractivity contribution >= 4 is 29.0 Å². The summed E-state index contributed by atoms with van der Waals surface area (Å²) in [5.74, 6) is 0.404. The molecule has 2 N–H and O–H groups in total. The number of alkyl halides is 3. The Morgan fingerprint density at radius 2 is 1.92 bits per heavy atom. The van der Waals surface area contributed by atoms with Crippen LogP contribution in [0.4, 0.5) is 33.5 Å². The van der Waals surface area contributed by atoms with E-state index in [1.807, 2.05) is 11.6 Å². The highest BCUT2D eigenvalue weighted by atomic mass is 35.5. The van der Waals surface area contributed by atoms with E-state index in [1.165, 1.54) is 11.0 Å². The van der Waals surface area contributed by atoms with E-state index < -0.39 is 28.9 Å². The fourth-order valence-electron chi connectivity index (χ4n) is 7.54. The van der Waals surface area contributed by atoms with Gasteiger partial charge < -0.3 is 29.7 Å². The molecule has 288 valence electrons. The fraction of sp³-hybridized carbons (Fsp3) is 0.543. The Morgan fingerprint density at radius 3 is 2.64 bits per heavy atom. The van der Waals surface area contributed by atoms with Gasteiger partial charge in [0.25, 0.3) is 12.0 Å². The maximum absolute atomic E-state index is 14.3. The molecule has 4 aliphatic heterocycles. The number of amides is 1. The molecule has 4 aliphatic rings. The van der Waals surface area contributed by atoms with Crippen LogP contribution in [-0.2, 0) is 41.8 Å². The fourth-order valence-corrected chi connectivity index (χ4v) is 7.89. The van der Waals surface area contributed by atoms with Gasteiger partial charge in [0.15, 0.2) is 5.69 Å². The number of anilines is 2. The number of carbonyl (C=O) groups is 1. The number of aryl methyl sites for hydroxylation is 1. The molecule has 2 atom stereocenters. The Labute approximate surface area is 308 Å². The van der Waals surface area contributed by atoms with E-state index in [9.17, 15) is 26.7 Å². The van der Waals surface area contributed by atoms with Gasteiger partial charge in [-0.3, -0.25) is 14.4 Å². The molecule has 1 amide bonds. The van der Waals surface area contributed by atoms with Gasteiger partial charge in [-0.25, -0.2) is 0 Å². The first-order valence-corrected chi connectivity index (χ1v) is 17.6. The summed E-state index contributed by atoms with van der Waals surface area (Å²) in [7, 11) is 3.39. The van der Waals surface area contributed by atoms with Crippen molar-refractivity contribution in [2.45, 2.75) is 70.1 Å². The summed E-state index contributed by atoms with van der Waals surface area (Å²) in [6, 6.07) is 2.51. The van der Waals surface area contributed by atoms with Gasteiger partial charge in [-0.2, -0.15) is 37.0 Å². The van der Waals surface area contributed by atoms with Gasteiger partial charge in [-0.1, -0.05) is 11.6 Å². The molecule has 2 unspecified atom stereocenters. The zero-order chi connectivity index (χ0) is 38.2. The van der Waals surface area contributed by atoms with Crippen molar-refractivity contribution in [1.29, 1.82) is 0 Å². The average Bonchev–Trinajstić information content (AvgIpc) is 3.57. The van der Waals surface area contributed by atoms with Crippen LogP contribution in [0.3, 0.4) is 0 Å². The molecule has 6 heterocycles. The van der Waals surface area contributed by atoms with E-state index in [1.54, 1.807) is 14.1 Å². The Kier molecular flexibility index (Phi) is 11.2. The molecule has 18 heteroatoms. The lowest BCUT2D eigenvalue weighted by Gasteiger charge is -2.41. The van der Waals surface area contributed by atoms with Gasteiger partial charge in [-0.05, 0) is 57.0 Å². The number of nitrogen functional groups attached to an aromatic ring is 1. The Bertz CT molecular complexity index is 1870. The number of fused-ring (bicyclic) bond motifs is 3. The normalized spacial score (nSPS) is 21.5. The smallest absolute Gasteiger partial charge is 0.418 e. The largest absolute Gasteiger partial charge is 0.461 e. The number of carbonyl (C=O) groups excluding carboxylic acids is 1. The SMILES string of the molecule is C=C(F)F.Cc1c(C(=O)N(C)C)nn2c1CN(c1nc(OCC34CCCN3CCOC4)nc3c1COC(c1cc(N)cc(Cl)c1C(F)(F)F)C3)CCC2. The Balaban J connectivity index is 0.00000114. The van der Waals surface area contributed by atoms with Gasteiger partial charge in [0.1, 0.15) is 12.4 Å². The van der Waals surface area contributed by atoms with Crippen molar-refractivity contribution < 1.29 is 41.0 Å². The molecule has 0 saturated carbocycles. The van der Waals surface area contributed by atoms with E-state index in [0.29, 0.717) is 68.6 Å². The summed E-state index contributed by atoms with van der Waals surface area (Å²) in [6.07, 6.45) is -4.87. The van der Waals surface area contributed by atoms with E-state index in [0.717, 1.165) is 43.3 Å². The number of aromatic nitrogens is 4. The lowest BCUT2D eigenvalue weighted by molar-refractivity contribution is -0.139. The zero-order valence-corrected chi connectivity index (χ0v) is 30.5. The van der Waals surface area contributed by atoms with Gasteiger partial charge in [0.2, 0.25) is 0 Å². The summed E-state index contributed by atoms with van der Waals surface area (Å²) in [4.78, 5) is 28.6. The predicted molar refractivity (Wildman–Crippen MR) is 186 cm³/mol. The molecule has 0 aliphatic carbocycles. The lowest BCUT2D eigenvalue weighted by Crippen LogP contribution is -2.56. The third-order valence-corrected chi connectivity index (χ3v) is 10.4. The maximum atomic E-state index is 14.3. The first kappa shape index (κ1) is 38.7. The number of hydrogen-bond acceptors (Lipinski definition) is 10. The highest BCUT2D eigenvalue weighted by molar-refractivity contribution is 6.31. The van der Waals surface area contributed by atoms with Crippen molar-refractivity contribution in [3.05, 3.63) is 69.2 Å². The second kappa shape index (κ2) is 15.4. The number of morpholine rings is 1. The Morgan fingerprint density at radius 1 is 1.17 bits per heavy atom. The minimum atomic E-state index is -4.72. The quantitative estimate of drug-likeness (QED) is 0.243. The van der Waals surface area contributed by atoms with Crippen LogP contribution in [0.5, 0.6) is 6.01 Å². The number of halogens is 6. The number of benzene rings is 1.